The van der Waals surface area contributed by atoms with E-state index in [9.17, 15) is 0 Å². The molecule has 0 heterocycles. The Bertz CT molecular complexity index is 3000. The largest absolute Gasteiger partial charge is 0.310 e. The van der Waals surface area contributed by atoms with Crippen molar-refractivity contribution in [2.24, 2.45) is 0 Å². The fourth-order valence-electron chi connectivity index (χ4n) is 10.2. The highest BCUT2D eigenvalue weighted by Crippen LogP contribution is 2.63. The summed E-state index contributed by atoms with van der Waals surface area (Å²) in [6.45, 7) is 4.51. The van der Waals surface area contributed by atoms with Gasteiger partial charge in [-0.05, 0) is 130 Å². The number of benzene rings is 10. The number of para-hydroxylation sites is 2. The Balaban J connectivity index is 1.25. The molecule has 0 unspecified atom stereocenters. The van der Waals surface area contributed by atoms with Crippen LogP contribution < -0.4 is 9.80 Å². The molecule has 0 N–H and O–H groups in total. The first kappa shape index (κ1) is 39.6. The highest BCUT2D eigenvalue weighted by molar-refractivity contribution is 6.04. The fourth-order valence-corrected chi connectivity index (χ4v) is 10.2. The molecular formula is C63H48N2. The van der Waals surface area contributed by atoms with Crippen molar-refractivity contribution >= 4 is 34.1 Å². The molecule has 1 aliphatic rings. The highest BCUT2D eigenvalue weighted by atomic mass is 15.2. The van der Waals surface area contributed by atoms with Gasteiger partial charge in [0.1, 0.15) is 0 Å². The summed E-state index contributed by atoms with van der Waals surface area (Å²) in [5.41, 5.74) is 20.6. The van der Waals surface area contributed by atoms with E-state index in [1.165, 1.54) is 66.8 Å². The van der Waals surface area contributed by atoms with Crippen molar-refractivity contribution in [3.05, 3.63) is 288 Å². The zero-order chi connectivity index (χ0) is 43.7. The van der Waals surface area contributed by atoms with Crippen LogP contribution >= 0.6 is 0 Å². The maximum Gasteiger partial charge on any atom is 0.0715 e. The van der Waals surface area contributed by atoms with E-state index >= 15 is 0 Å². The molecule has 0 aromatic heterocycles. The van der Waals surface area contributed by atoms with Gasteiger partial charge in [0.15, 0.2) is 0 Å². The maximum absolute atomic E-state index is 2.47. The maximum atomic E-state index is 2.47. The van der Waals surface area contributed by atoms with Gasteiger partial charge in [0.25, 0.3) is 0 Å². The van der Waals surface area contributed by atoms with Crippen LogP contribution in [0.25, 0.3) is 33.4 Å². The molecule has 0 saturated carbocycles. The Kier molecular flexibility index (Phi) is 10.3. The van der Waals surface area contributed by atoms with Crippen LogP contribution in [0.15, 0.2) is 255 Å². The SMILES string of the molecule is Cc1cc(N(c2ccccc2)c2ccc(-c3ccccc3)cc2)c2c(c1)C(c1ccccc1)(c1ccccc1)c1cc(C)cc(N(c3ccccc3)c3ccc(-c4ccccc4)cc3)c1-2. The highest BCUT2D eigenvalue weighted by Gasteiger charge is 2.49. The van der Waals surface area contributed by atoms with Gasteiger partial charge in [0.05, 0.1) is 16.8 Å². The van der Waals surface area contributed by atoms with Crippen LogP contribution in [0.1, 0.15) is 33.4 Å². The van der Waals surface area contributed by atoms with E-state index in [0.29, 0.717) is 0 Å². The topological polar surface area (TPSA) is 6.48 Å². The van der Waals surface area contributed by atoms with Gasteiger partial charge in [0, 0.05) is 33.9 Å². The zero-order valence-corrected chi connectivity index (χ0v) is 36.6. The monoisotopic (exact) mass is 832 g/mol. The molecule has 0 fully saturated rings. The smallest absolute Gasteiger partial charge is 0.0715 e. The summed E-state index contributed by atoms with van der Waals surface area (Å²) in [5.74, 6) is 0. The average molecular weight is 833 g/mol. The Morgan fingerprint density at radius 3 is 0.892 bits per heavy atom. The van der Waals surface area contributed by atoms with Crippen molar-refractivity contribution in [1.29, 1.82) is 0 Å². The van der Waals surface area contributed by atoms with Crippen molar-refractivity contribution in [2.75, 3.05) is 9.80 Å². The van der Waals surface area contributed by atoms with Crippen LogP contribution in [0.5, 0.6) is 0 Å². The van der Waals surface area contributed by atoms with Gasteiger partial charge in [-0.3, -0.25) is 0 Å². The number of fused-ring (bicyclic) bond motifs is 3. The minimum absolute atomic E-state index is 0.645. The molecule has 0 radical (unpaired) electrons. The van der Waals surface area contributed by atoms with Gasteiger partial charge in [-0.2, -0.15) is 0 Å². The van der Waals surface area contributed by atoms with Gasteiger partial charge >= 0.3 is 0 Å². The van der Waals surface area contributed by atoms with Gasteiger partial charge in [-0.25, -0.2) is 0 Å². The van der Waals surface area contributed by atoms with Gasteiger partial charge in [-0.1, -0.05) is 194 Å². The second-order valence-electron chi connectivity index (χ2n) is 17.1. The quantitative estimate of drug-likeness (QED) is 0.135. The lowest BCUT2D eigenvalue weighted by Gasteiger charge is -2.35. The van der Waals surface area contributed by atoms with E-state index in [4.69, 9.17) is 0 Å². The van der Waals surface area contributed by atoms with E-state index in [1.54, 1.807) is 0 Å². The molecule has 0 saturated heterocycles. The van der Waals surface area contributed by atoms with E-state index in [1.807, 2.05) is 0 Å². The molecule has 0 aliphatic heterocycles. The molecular weight excluding hydrogens is 785 g/mol. The molecule has 11 rings (SSSR count). The predicted molar refractivity (Wildman–Crippen MR) is 273 cm³/mol. The van der Waals surface area contributed by atoms with Gasteiger partial charge < -0.3 is 9.80 Å². The summed E-state index contributed by atoms with van der Waals surface area (Å²) in [4.78, 5) is 4.95. The third kappa shape index (κ3) is 7.01. The van der Waals surface area contributed by atoms with Crippen molar-refractivity contribution in [2.45, 2.75) is 19.3 Å². The van der Waals surface area contributed by atoms with Crippen molar-refractivity contribution in [3.63, 3.8) is 0 Å². The number of anilines is 6. The standard InChI is InChI=1S/C63H48N2/c1-45-41-57-61(59(43-45)64(53-29-17-7-18-30-53)55-37-33-49(34-38-55)47-21-9-3-10-22-47)62-58(63(57,51-25-13-5-14-26-51)52-27-15-6-16-28-52)42-46(2)44-60(62)65(54-31-19-8-20-32-54)56-39-35-50(36-40-56)48-23-11-4-12-24-48/h3-44H,1-2H3. The van der Waals surface area contributed by atoms with Crippen LogP contribution in [0.3, 0.4) is 0 Å². The summed E-state index contributed by atoms with van der Waals surface area (Å²) in [7, 11) is 0. The molecule has 2 nitrogen and oxygen atoms in total. The Morgan fingerprint density at radius 1 is 0.277 bits per heavy atom. The van der Waals surface area contributed by atoms with Crippen LogP contribution in [-0.4, -0.2) is 0 Å². The van der Waals surface area contributed by atoms with E-state index in [2.05, 4.69) is 278 Å². The lowest BCUT2D eigenvalue weighted by molar-refractivity contribution is 0.766. The molecule has 0 spiro atoms. The number of hydrogen-bond acceptors (Lipinski definition) is 2. The first-order valence-electron chi connectivity index (χ1n) is 22.5. The minimum Gasteiger partial charge on any atom is -0.310 e. The number of nitrogens with zero attached hydrogens (tertiary/aromatic N) is 2. The van der Waals surface area contributed by atoms with Crippen LogP contribution in [-0.2, 0) is 5.41 Å². The molecule has 0 atom stereocenters. The Morgan fingerprint density at radius 2 is 0.554 bits per heavy atom. The number of rotatable bonds is 10. The van der Waals surface area contributed by atoms with E-state index in [-0.39, 0.29) is 0 Å². The third-order valence-corrected chi connectivity index (χ3v) is 13.0. The predicted octanol–water partition coefficient (Wildman–Crippen LogP) is 16.9. The van der Waals surface area contributed by atoms with Crippen LogP contribution in [0.2, 0.25) is 0 Å². The van der Waals surface area contributed by atoms with Crippen molar-refractivity contribution < 1.29 is 0 Å². The first-order chi connectivity index (χ1) is 32.1. The van der Waals surface area contributed by atoms with Gasteiger partial charge in [0.2, 0.25) is 0 Å². The zero-order valence-electron chi connectivity index (χ0n) is 36.6. The molecule has 2 heteroatoms. The molecule has 10 aromatic carbocycles. The first-order valence-corrected chi connectivity index (χ1v) is 22.5. The van der Waals surface area contributed by atoms with Crippen LogP contribution in [0, 0.1) is 13.8 Å². The molecule has 310 valence electrons. The molecule has 0 amide bonds. The Hall–Kier alpha value is -8.20. The summed E-state index contributed by atoms with van der Waals surface area (Å²) in [6.07, 6.45) is 0. The average Bonchev–Trinajstić information content (AvgIpc) is 3.66. The van der Waals surface area contributed by atoms with E-state index in [0.717, 1.165) is 34.1 Å². The molecule has 0 bridgehead atoms. The lowest BCUT2D eigenvalue weighted by Crippen LogP contribution is -2.29. The Labute approximate surface area is 383 Å². The summed E-state index contributed by atoms with van der Waals surface area (Å²) < 4.78 is 0. The summed E-state index contributed by atoms with van der Waals surface area (Å²) in [6, 6.07) is 93.2. The fraction of sp³-hybridized carbons (Fsp3) is 0.0476. The minimum atomic E-state index is -0.645. The number of aryl methyl sites for hydroxylation is 2. The van der Waals surface area contributed by atoms with E-state index < -0.39 is 5.41 Å². The third-order valence-electron chi connectivity index (χ3n) is 13.0. The number of hydrogen-bond donors (Lipinski definition) is 0. The second kappa shape index (κ2) is 16.8. The second-order valence-corrected chi connectivity index (χ2v) is 17.1. The molecule has 10 aromatic rings. The normalized spacial score (nSPS) is 12.3. The summed E-state index contributed by atoms with van der Waals surface area (Å²) >= 11 is 0. The lowest BCUT2D eigenvalue weighted by atomic mass is 9.67. The molecule has 1 aliphatic carbocycles. The summed E-state index contributed by atoms with van der Waals surface area (Å²) in [5, 5.41) is 0. The van der Waals surface area contributed by atoms with Crippen molar-refractivity contribution in [3.8, 4) is 33.4 Å². The molecule has 65 heavy (non-hydrogen) atoms. The van der Waals surface area contributed by atoms with Gasteiger partial charge in [-0.15, -0.1) is 0 Å². The van der Waals surface area contributed by atoms with Crippen molar-refractivity contribution in [1.82, 2.24) is 0 Å². The van der Waals surface area contributed by atoms with Crippen LogP contribution in [0.4, 0.5) is 34.1 Å².